The van der Waals surface area contributed by atoms with E-state index in [9.17, 15) is 0 Å². The van der Waals surface area contributed by atoms with Gasteiger partial charge in [0, 0.05) is 76.9 Å². The fraction of sp³-hybridized carbons (Fsp3) is 0.550. The topological polar surface area (TPSA) is 97.4 Å². The summed E-state index contributed by atoms with van der Waals surface area (Å²) in [7, 11) is 10.2. The van der Waals surface area contributed by atoms with Crippen LogP contribution in [0.15, 0.2) is 146 Å². The van der Waals surface area contributed by atoms with E-state index < -0.39 is 0 Å². The Kier molecular flexibility index (Phi) is 40.1. The lowest BCUT2D eigenvalue weighted by molar-refractivity contribution is 0.146. The Morgan fingerprint density at radius 2 is 0.772 bits per heavy atom. The van der Waals surface area contributed by atoms with E-state index in [-0.39, 0.29) is 0 Å². The summed E-state index contributed by atoms with van der Waals surface area (Å²) >= 11 is 0. The monoisotopic (exact) mass is 1270 g/mol. The summed E-state index contributed by atoms with van der Waals surface area (Å²) in [6.07, 6.45) is 2.50. The molecule has 3 N–H and O–H groups in total. The molecule has 0 amide bonds. The molecule has 0 spiro atoms. The smallest absolute Gasteiger partial charge is 0.119 e. The number of rotatable bonds is 26. The molecule has 12 heteroatoms. The quantitative estimate of drug-likeness (QED) is 0.0451. The first kappa shape index (κ1) is 80.1. The molecule has 6 aromatic carbocycles. The number of nitrogens with zero attached hydrogens (tertiary/aromatic N) is 5. The van der Waals surface area contributed by atoms with Crippen LogP contribution < -0.4 is 24.8 Å². The molecule has 6 aromatic rings. The number of methoxy groups -OCH3 is 1. The molecule has 92 heavy (non-hydrogen) atoms. The van der Waals surface area contributed by atoms with E-state index in [2.05, 4.69) is 243 Å². The van der Waals surface area contributed by atoms with Gasteiger partial charge in [0.25, 0.3) is 0 Å². The van der Waals surface area contributed by atoms with Crippen LogP contribution in [-0.4, -0.2) is 176 Å². The van der Waals surface area contributed by atoms with Crippen LogP contribution in [-0.2, 0) is 4.74 Å². The summed E-state index contributed by atoms with van der Waals surface area (Å²) in [5.74, 6) is 6.69. The van der Waals surface area contributed by atoms with E-state index in [0.29, 0.717) is 60.5 Å². The number of piperazine rings is 1. The van der Waals surface area contributed by atoms with Gasteiger partial charge in [-0.15, -0.1) is 0 Å². The van der Waals surface area contributed by atoms with Crippen LogP contribution in [0.25, 0.3) is 0 Å². The average Bonchev–Trinajstić information content (AvgIpc) is 2.29. The molecule has 512 valence electrons. The standard InChI is InChI=1S/C16H27N3.C15H24N2.C15H25NO.C13H21NO.C12H18O2.C9H12O/c1-14(2)15-4-6-16(7-5-15)17-8-9-19-12-10-18(3)11-13-19;1-12(2)13-4-6-14(7-5-13)16-15-8-10-17(3)11-9-15;1-5-16(6-2)11-12-17-15-9-7-14(8-10-15)13(3)4;1-11(2)12-5-7-13(8-6-12)15-10-9-14(3)4;1-10(2)11-4-6-12(7-5-11)14-9-8-13-3;1-7(2)8-3-5-9(10)6-4-8/h4-7,14,17H,8-13H2,1-3H3;4-7,12,15-16H,8-11H2,1-3H3;7-10,13H,5-6,11-12H2,1-4H3;5-8,11H,9-10H2,1-4H3;4-7,10H,8-9H2,1-3H3;3-7,10H,1-2H3. The lowest BCUT2D eigenvalue weighted by Gasteiger charge is -2.32. The number of ether oxygens (including phenoxy) is 4. The van der Waals surface area contributed by atoms with Crippen molar-refractivity contribution in [2.24, 2.45) is 0 Å². The van der Waals surface area contributed by atoms with Gasteiger partial charge < -0.3 is 54.3 Å². The third-order valence-corrected chi connectivity index (χ3v) is 16.7. The molecule has 2 saturated heterocycles. The van der Waals surface area contributed by atoms with Crippen molar-refractivity contribution in [3.05, 3.63) is 179 Å². The number of phenolic OH excluding ortho intramolecular Hbond substituents is 1. The molecule has 0 saturated carbocycles. The number of hydrogen-bond donors (Lipinski definition) is 3. The molecule has 0 radical (unpaired) electrons. The second-order valence-corrected chi connectivity index (χ2v) is 26.6. The Balaban J connectivity index is 0.000000291. The number of likely N-dealkylation sites (N-methyl/N-ethyl adjacent to an activating group) is 3. The Morgan fingerprint density at radius 3 is 1.13 bits per heavy atom. The van der Waals surface area contributed by atoms with Crippen LogP contribution >= 0.6 is 0 Å². The zero-order chi connectivity index (χ0) is 67.8. The maximum atomic E-state index is 8.94. The van der Waals surface area contributed by atoms with Gasteiger partial charge in [0.05, 0.1) is 6.61 Å². The van der Waals surface area contributed by atoms with E-state index in [0.717, 1.165) is 69.7 Å². The van der Waals surface area contributed by atoms with E-state index in [1.54, 1.807) is 19.2 Å². The number of likely N-dealkylation sites (tertiary alicyclic amines) is 1. The van der Waals surface area contributed by atoms with Gasteiger partial charge in [-0.1, -0.05) is 170 Å². The maximum absolute atomic E-state index is 8.94. The molecule has 0 aliphatic carbocycles. The summed E-state index contributed by atoms with van der Waals surface area (Å²) in [5.41, 5.74) is 10.6. The minimum Gasteiger partial charge on any atom is -0.508 e. The molecule has 0 bridgehead atoms. The molecular weight excluding hydrogens is 1140 g/mol. The number of phenols is 1. The highest BCUT2D eigenvalue weighted by Crippen LogP contribution is 2.24. The minimum absolute atomic E-state index is 0.337. The van der Waals surface area contributed by atoms with Crippen molar-refractivity contribution < 1.29 is 24.1 Å². The lowest BCUT2D eigenvalue weighted by atomic mass is 10.0. The second kappa shape index (κ2) is 46.0. The normalized spacial score (nSPS) is 13.7. The maximum Gasteiger partial charge on any atom is 0.119 e. The van der Waals surface area contributed by atoms with Gasteiger partial charge in [0.1, 0.15) is 42.8 Å². The summed E-state index contributed by atoms with van der Waals surface area (Å²) in [6, 6.07) is 50.7. The minimum atomic E-state index is 0.337. The first-order valence-electron chi connectivity index (χ1n) is 34.6. The molecule has 0 unspecified atom stereocenters. The zero-order valence-electron chi connectivity index (χ0n) is 60.9. The highest BCUT2D eigenvalue weighted by molar-refractivity contribution is 5.47. The predicted molar refractivity (Wildman–Crippen MR) is 396 cm³/mol. The van der Waals surface area contributed by atoms with Gasteiger partial charge in [-0.3, -0.25) is 4.90 Å². The second-order valence-electron chi connectivity index (χ2n) is 26.6. The summed E-state index contributed by atoms with van der Waals surface area (Å²) < 4.78 is 21.7. The molecule has 0 atom stereocenters. The lowest BCUT2D eigenvalue weighted by Crippen LogP contribution is -2.45. The molecule has 8 rings (SSSR count). The SMILES string of the molecule is CC(C)c1ccc(NC2CCN(C)CC2)cc1.CC(C)c1ccc(NCCN2CCN(C)CC2)cc1.CC(C)c1ccc(O)cc1.CC(C)c1ccc(OCCN(C)C)cc1.CCN(CC)CCOc1ccc(C(C)C)cc1.COCCOc1ccc(C(C)C)cc1. The molecule has 0 aromatic heterocycles. The molecule has 12 nitrogen and oxygen atoms in total. The molecule has 2 fully saturated rings. The van der Waals surface area contributed by atoms with Gasteiger partial charge in [-0.25, -0.2) is 0 Å². The number of anilines is 2. The number of aromatic hydroxyl groups is 1. The van der Waals surface area contributed by atoms with Crippen LogP contribution in [0.1, 0.15) is 179 Å². The third kappa shape index (κ3) is 34.7. The molecule has 2 aliphatic rings. The first-order valence-corrected chi connectivity index (χ1v) is 34.6. The van der Waals surface area contributed by atoms with E-state index in [4.69, 9.17) is 24.1 Å². The Hall–Kier alpha value is -6.12. The van der Waals surface area contributed by atoms with Crippen molar-refractivity contribution in [1.29, 1.82) is 0 Å². The van der Waals surface area contributed by atoms with E-state index in [1.807, 2.05) is 50.5 Å². The van der Waals surface area contributed by atoms with Gasteiger partial charge in [0.2, 0.25) is 0 Å². The average molecular weight is 1270 g/mol. The van der Waals surface area contributed by atoms with Crippen LogP contribution in [0.4, 0.5) is 11.4 Å². The first-order chi connectivity index (χ1) is 44.0. The summed E-state index contributed by atoms with van der Waals surface area (Å²) in [6.45, 7) is 47.0. The van der Waals surface area contributed by atoms with Gasteiger partial charge >= 0.3 is 0 Å². The van der Waals surface area contributed by atoms with Crippen molar-refractivity contribution in [1.82, 2.24) is 24.5 Å². The number of benzene rings is 6. The molecule has 2 aliphatic heterocycles. The summed E-state index contributed by atoms with van der Waals surface area (Å²) in [4.78, 5) is 11.8. The van der Waals surface area contributed by atoms with E-state index in [1.165, 1.54) is 96.9 Å². The van der Waals surface area contributed by atoms with Crippen LogP contribution in [0.2, 0.25) is 0 Å². The van der Waals surface area contributed by atoms with Crippen molar-refractivity contribution in [3.8, 4) is 23.0 Å². The van der Waals surface area contributed by atoms with Crippen LogP contribution in [0, 0.1) is 0 Å². The van der Waals surface area contributed by atoms with Gasteiger partial charge in [-0.05, 0) is 209 Å². The van der Waals surface area contributed by atoms with E-state index >= 15 is 0 Å². The van der Waals surface area contributed by atoms with Crippen LogP contribution in [0.5, 0.6) is 23.0 Å². The van der Waals surface area contributed by atoms with Crippen molar-refractivity contribution in [3.63, 3.8) is 0 Å². The highest BCUT2D eigenvalue weighted by Gasteiger charge is 2.17. The largest absolute Gasteiger partial charge is 0.508 e. The Bertz CT molecular complexity index is 2710. The van der Waals surface area contributed by atoms with Crippen molar-refractivity contribution >= 4 is 11.4 Å². The fourth-order valence-corrected chi connectivity index (χ4v) is 9.90. The number of nitrogens with one attached hydrogen (secondary N) is 2. The fourth-order valence-electron chi connectivity index (χ4n) is 9.90. The molecule has 2 heterocycles. The summed E-state index contributed by atoms with van der Waals surface area (Å²) in [5, 5.41) is 16.1. The molecular formula is C80H127N7O5. The Labute approximate surface area is 561 Å². The predicted octanol–water partition coefficient (Wildman–Crippen LogP) is 17.4. The zero-order valence-corrected chi connectivity index (χ0v) is 60.9. The van der Waals surface area contributed by atoms with Gasteiger partial charge in [-0.2, -0.15) is 0 Å². The van der Waals surface area contributed by atoms with Crippen LogP contribution in [0.3, 0.4) is 0 Å². The number of piperidine rings is 1. The third-order valence-electron chi connectivity index (χ3n) is 16.7. The highest BCUT2D eigenvalue weighted by atomic mass is 16.5. The van der Waals surface area contributed by atoms with Crippen molar-refractivity contribution in [2.45, 2.75) is 151 Å². The Morgan fingerprint density at radius 1 is 0.435 bits per heavy atom. The van der Waals surface area contributed by atoms with Crippen molar-refractivity contribution in [2.75, 3.05) is 151 Å². The van der Waals surface area contributed by atoms with Gasteiger partial charge in [0.15, 0.2) is 0 Å². The number of hydrogen-bond acceptors (Lipinski definition) is 12.